The van der Waals surface area contributed by atoms with Crippen LogP contribution in [0.15, 0.2) is 48.5 Å². The summed E-state index contributed by atoms with van der Waals surface area (Å²) < 4.78 is 9.79. The molecule has 153 valence electrons. The minimum absolute atomic E-state index is 0.0111. The van der Waals surface area contributed by atoms with E-state index < -0.39 is 18.9 Å². The van der Waals surface area contributed by atoms with Gasteiger partial charge in [-0.1, -0.05) is 0 Å². The fourth-order valence-electron chi connectivity index (χ4n) is 4.63. The molecule has 7 heteroatoms. The molecule has 0 aliphatic heterocycles. The number of rotatable bonds is 6. The Morgan fingerprint density at radius 2 is 1.50 bits per heavy atom. The van der Waals surface area contributed by atoms with Crippen molar-refractivity contribution in [1.29, 1.82) is 0 Å². The molecule has 0 radical (unpaired) electrons. The molecule has 0 bridgehead atoms. The molecule has 0 saturated carbocycles. The van der Waals surface area contributed by atoms with Crippen LogP contribution in [-0.4, -0.2) is 30.5 Å². The maximum atomic E-state index is 9.88. The SMILES string of the molecule is CO[Si](C)(CCO)[Ti]([Cl])([Cl])([NH]C(C)(C)C)[CH]1c2ccccc2-c2ccccc21. The quantitative estimate of drug-likeness (QED) is 0.522. The number of hydrogen-bond acceptors (Lipinski definition) is 3. The average Bonchev–Trinajstić information content (AvgIpc) is 2.95. The van der Waals surface area contributed by atoms with Gasteiger partial charge in [-0.2, -0.15) is 0 Å². The number of aliphatic hydroxyl groups is 1. The van der Waals surface area contributed by atoms with Crippen molar-refractivity contribution in [2.24, 2.45) is 0 Å². The molecule has 1 aliphatic carbocycles. The zero-order valence-electron chi connectivity index (χ0n) is 17.2. The molecule has 2 N–H and O–H groups in total. The van der Waals surface area contributed by atoms with Gasteiger partial charge >= 0.3 is 178 Å². The number of halogens is 2. The van der Waals surface area contributed by atoms with Gasteiger partial charge in [0.25, 0.3) is 0 Å². The zero-order chi connectivity index (χ0) is 20.8. The van der Waals surface area contributed by atoms with E-state index in [1.165, 1.54) is 11.1 Å². The van der Waals surface area contributed by atoms with E-state index in [9.17, 15) is 5.11 Å². The molecule has 0 amide bonds. The van der Waals surface area contributed by atoms with Gasteiger partial charge in [-0.3, -0.25) is 0 Å². The molecule has 1 atom stereocenters. The van der Waals surface area contributed by atoms with E-state index in [0.29, 0.717) is 6.04 Å². The third kappa shape index (κ3) is 3.46. The molecule has 3 nitrogen and oxygen atoms in total. The average molecular weight is 475 g/mol. The van der Waals surface area contributed by atoms with Gasteiger partial charge in [0.15, 0.2) is 0 Å². The third-order valence-corrected chi connectivity index (χ3v) is 39.8. The molecule has 0 saturated heterocycles. The molecule has 1 unspecified atom stereocenters. The second kappa shape index (κ2) is 7.51. The molecule has 0 heterocycles. The Balaban J connectivity index is 2.37. The fraction of sp³-hybridized carbons (Fsp3) is 0.429. The molecule has 0 spiro atoms. The first-order chi connectivity index (χ1) is 13.0. The summed E-state index contributed by atoms with van der Waals surface area (Å²) >= 11 is -4.70. The topological polar surface area (TPSA) is 41.5 Å². The molecule has 2 aromatic carbocycles. The van der Waals surface area contributed by atoms with E-state index in [1.807, 2.05) is 12.1 Å². The van der Waals surface area contributed by atoms with Gasteiger partial charge in [-0.25, -0.2) is 0 Å². The Morgan fingerprint density at radius 1 is 1.04 bits per heavy atom. The second-order valence-electron chi connectivity index (χ2n) is 8.97. The van der Waals surface area contributed by atoms with Crippen LogP contribution in [0.25, 0.3) is 11.1 Å². The van der Waals surface area contributed by atoms with Crippen LogP contribution < -0.4 is 3.80 Å². The standard InChI is InChI=1S/C13H9.C4H10N.C4H11O2Si.2ClH.Ti/c1-3-7-12-10(5-1)9-11-6-2-4-8-13(11)12;1-4(2,3)5;1-6-7(2)4-3-5;;;/h1-9H;5H,1-3H3;5H,3-4H2,1-2H3;2*1H;/q;-1;;;;+3/p-2. The Kier molecular flexibility index (Phi) is 6.04. The van der Waals surface area contributed by atoms with Crippen LogP contribution in [0.5, 0.6) is 0 Å². The summed E-state index contributed by atoms with van der Waals surface area (Å²) in [7, 11) is 17.3. The van der Waals surface area contributed by atoms with Crippen LogP contribution in [0.1, 0.15) is 36.1 Å². The van der Waals surface area contributed by atoms with Gasteiger partial charge in [0.1, 0.15) is 0 Å². The summed E-state index contributed by atoms with van der Waals surface area (Å²) in [6.45, 7) is 8.38. The first-order valence-electron chi connectivity index (χ1n) is 9.68. The van der Waals surface area contributed by atoms with E-state index in [4.69, 9.17) is 23.0 Å². The van der Waals surface area contributed by atoms with Gasteiger partial charge in [-0.05, 0) is 0 Å². The molecule has 28 heavy (non-hydrogen) atoms. The summed E-state index contributed by atoms with van der Waals surface area (Å²) in [5.74, 6) is 0. The monoisotopic (exact) mass is 474 g/mol. The van der Waals surface area contributed by atoms with Gasteiger partial charge < -0.3 is 0 Å². The predicted octanol–water partition coefficient (Wildman–Crippen LogP) is 5.77. The number of hydrogen-bond donors (Lipinski definition) is 2. The Labute approximate surface area is 177 Å². The molecule has 0 aromatic heterocycles. The van der Waals surface area contributed by atoms with Crippen molar-refractivity contribution in [2.75, 3.05) is 13.7 Å². The van der Waals surface area contributed by atoms with Crippen molar-refractivity contribution in [3.8, 4) is 11.1 Å². The normalized spacial score (nSPS) is 18.1. The number of aliphatic hydroxyl groups excluding tert-OH is 1. The van der Waals surface area contributed by atoms with Crippen molar-refractivity contribution >= 4 is 24.8 Å². The third-order valence-electron chi connectivity index (χ3n) is 5.95. The number of fused-ring (bicyclic) bond motifs is 3. The number of benzene rings is 2. The van der Waals surface area contributed by atoms with Crippen molar-refractivity contribution in [3.05, 3.63) is 59.7 Å². The summed E-state index contributed by atoms with van der Waals surface area (Å²) in [5, 5.41) is 9.88. The Morgan fingerprint density at radius 3 is 1.89 bits per heavy atom. The maximum absolute atomic E-state index is 9.88. The molecule has 2 aromatic rings. The van der Waals surface area contributed by atoms with Gasteiger partial charge in [-0.15, -0.1) is 0 Å². The van der Waals surface area contributed by atoms with Gasteiger partial charge in [0, 0.05) is 0 Å². The van der Waals surface area contributed by atoms with Crippen LogP contribution in [0.4, 0.5) is 0 Å². The van der Waals surface area contributed by atoms with E-state index in [0.717, 1.165) is 11.1 Å². The Hall–Kier alpha value is -0.169. The van der Waals surface area contributed by atoms with Crippen LogP contribution >= 0.6 is 18.6 Å². The molecule has 3 rings (SSSR count). The summed E-state index contributed by atoms with van der Waals surface area (Å²) in [6.07, 6.45) is -2.75. The molecular weight excluding hydrogens is 445 g/mol. The molecule has 1 aliphatic rings. The van der Waals surface area contributed by atoms with Gasteiger partial charge in [0.05, 0.1) is 0 Å². The number of nitrogens with one attached hydrogen (secondary N) is 1. The van der Waals surface area contributed by atoms with E-state index in [1.54, 1.807) is 7.11 Å². The first kappa shape index (κ1) is 22.5. The van der Waals surface area contributed by atoms with E-state index in [2.05, 4.69) is 67.5 Å². The van der Waals surface area contributed by atoms with Crippen molar-refractivity contribution in [2.45, 2.75) is 43.1 Å². The van der Waals surface area contributed by atoms with Crippen molar-refractivity contribution < 1.29 is 22.2 Å². The van der Waals surface area contributed by atoms with Crippen LogP contribution in [-0.2, 0) is 17.1 Å². The molecular formula is C21H30Cl2NO2SiTi. The molecule has 0 fully saturated rings. The van der Waals surface area contributed by atoms with E-state index in [-0.39, 0.29) is 16.4 Å². The van der Waals surface area contributed by atoms with Gasteiger partial charge in [0.2, 0.25) is 0 Å². The second-order valence-corrected chi connectivity index (χ2v) is 36.1. The van der Waals surface area contributed by atoms with Crippen molar-refractivity contribution in [3.63, 3.8) is 0 Å². The van der Waals surface area contributed by atoms with Crippen LogP contribution in [0, 0.1) is 0 Å². The Bertz CT molecular complexity index is 841. The van der Waals surface area contributed by atoms with Crippen LogP contribution in [0.3, 0.4) is 0 Å². The summed E-state index contributed by atoms with van der Waals surface area (Å²) in [6, 6.07) is 17.3. The fourth-order valence-corrected chi connectivity index (χ4v) is 31.7. The first-order valence-corrected chi connectivity index (χ1v) is 20.6. The van der Waals surface area contributed by atoms with Crippen molar-refractivity contribution in [1.82, 2.24) is 3.80 Å². The minimum atomic E-state index is -4.70. The van der Waals surface area contributed by atoms with E-state index >= 15 is 0 Å². The summed E-state index contributed by atoms with van der Waals surface area (Å²) in [4.78, 5) is 0. The predicted molar refractivity (Wildman–Crippen MR) is 119 cm³/mol. The van der Waals surface area contributed by atoms with Crippen LogP contribution in [0.2, 0.25) is 12.6 Å². The summed E-state index contributed by atoms with van der Waals surface area (Å²) in [5.41, 5.74) is 4.40. The zero-order valence-corrected chi connectivity index (χ0v) is 21.3.